The van der Waals surface area contributed by atoms with Gasteiger partial charge in [-0.3, -0.25) is 9.78 Å². The smallest absolute Gasteiger partial charge is 0.252 e. The van der Waals surface area contributed by atoms with Crippen molar-refractivity contribution in [3.05, 3.63) is 44.4 Å². The van der Waals surface area contributed by atoms with E-state index in [1.165, 1.54) is 6.07 Å². The zero-order valence-corrected chi connectivity index (χ0v) is 10.5. The van der Waals surface area contributed by atoms with E-state index in [1.807, 2.05) is 0 Å². The number of benzene rings is 1. The molecule has 2 aromatic rings. The number of H-pyrrole nitrogens is 2. The molecule has 1 aromatic heterocycles. The number of halogens is 1. The first-order valence-electron chi connectivity index (χ1n) is 4.77. The highest BCUT2D eigenvalue weighted by Crippen LogP contribution is 2.30. The minimum absolute atomic E-state index is 0.259. The Morgan fingerprint density at radius 3 is 2.71 bits per heavy atom. The number of nitrogens with one attached hydrogen (secondary N) is 2. The van der Waals surface area contributed by atoms with Crippen molar-refractivity contribution >= 4 is 23.8 Å². The van der Waals surface area contributed by atoms with Crippen molar-refractivity contribution in [1.29, 1.82) is 0 Å². The Morgan fingerprint density at radius 1 is 1.29 bits per heavy atom. The molecule has 2 rings (SSSR count). The monoisotopic (exact) mass is 268 g/mol. The van der Waals surface area contributed by atoms with Crippen LogP contribution in [0.1, 0.15) is 0 Å². The number of methoxy groups -OCH3 is 1. The number of hydrogen-bond donors (Lipinski definition) is 2. The van der Waals surface area contributed by atoms with Crippen LogP contribution in [0.3, 0.4) is 0 Å². The molecule has 0 aliphatic heterocycles. The third-order valence-electron chi connectivity index (χ3n) is 2.21. The fraction of sp³-hybridized carbons (Fsp3) is 0.0909. The summed E-state index contributed by atoms with van der Waals surface area (Å²) in [5, 5.41) is 0.556. The fourth-order valence-electron chi connectivity index (χ4n) is 1.50. The zero-order valence-electron chi connectivity index (χ0n) is 8.91. The highest BCUT2D eigenvalue weighted by Gasteiger charge is 2.07. The van der Waals surface area contributed by atoms with Crippen molar-refractivity contribution in [3.63, 3.8) is 0 Å². The Labute approximate surface area is 107 Å². The first-order chi connectivity index (χ1) is 8.10. The molecule has 0 fully saturated rings. The highest BCUT2D eigenvalue weighted by molar-refractivity contribution is 7.71. The Hall–Kier alpha value is -1.59. The van der Waals surface area contributed by atoms with Crippen molar-refractivity contribution in [1.82, 2.24) is 9.97 Å². The lowest BCUT2D eigenvalue weighted by Gasteiger charge is -2.08. The average molecular weight is 269 g/mol. The van der Waals surface area contributed by atoms with Gasteiger partial charge in [-0.2, -0.15) is 0 Å². The van der Waals surface area contributed by atoms with Crippen LogP contribution in [0.25, 0.3) is 11.3 Å². The summed E-state index contributed by atoms with van der Waals surface area (Å²) >= 11 is 10.8. The van der Waals surface area contributed by atoms with E-state index in [0.29, 0.717) is 22.0 Å². The van der Waals surface area contributed by atoms with Gasteiger partial charge < -0.3 is 9.72 Å². The largest absolute Gasteiger partial charge is 0.496 e. The molecule has 0 saturated carbocycles. The lowest BCUT2D eigenvalue weighted by atomic mass is 10.1. The van der Waals surface area contributed by atoms with Gasteiger partial charge in [0.05, 0.1) is 12.8 Å². The standard InChI is InChI=1S/C11H9ClN2O2S/c1-16-9-3-2-6(12)4-7(9)8-5-10(15)14-11(17)13-8/h2-5H,1H3,(H2,13,14,15,17). The Bertz CT molecular complexity index is 635. The maximum absolute atomic E-state index is 11.4. The van der Waals surface area contributed by atoms with Gasteiger partial charge in [0, 0.05) is 16.7 Å². The molecule has 0 unspecified atom stereocenters. The van der Waals surface area contributed by atoms with Crippen LogP contribution in [0.5, 0.6) is 5.75 Å². The van der Waals surface area contributed by atoms with Gasteiger partial charge in [0.2, 0.25) is 0 Å². The van der Waals surface area contributed by atoms with Crippen molar-refractivity contribution < 1.29 is 4.74 Å². The van der Waals surface area contributed by atoms with Crippen LogP contribution < -0.4 is 10.3 Å². The third kappa shape index (κ3) is 2.57. The SMILES string of the molecule is COc1ccc(Cl)cc1-c1cc(=O)[nH]c(=S)[nH]1. The van der Waals surface area contributed by atoms with Gasteiger partial charge in [-0.15, -0.1) is 0 Å². The summed E-state index contributed by atoms with van der Waals surface area (Å²) in [6.45, 7) is 0. The number of hydrogen-bond acceptors (Lipinski definition) is 3. The summed E-state index contributed by atoms with van der Waals surface area (Å²) < 4.78 is 5.47. The topological polar surface area (TPSA) is 57.9 Å². The predicted molar refractivity (Wildman–Crippen MR) is 69.2 cm³/mol. The molecule has 17 heavy (non-hydrogen) atoms. The number of aromatic amines is 2. The maximum atomic E-state index is 11.4. The lowest BCUT2D eigenvalue weighted by molar-refractivity contribution is 0.416. The molecule has 0 atom stereocenters. The van der Waals surface area contributed by atoms with Gasteiger partial charge >= 0.3 is 0 Å². The summed E-state index contributed by atoms with van der Waals surface area (Å²) in [6.07, 6.45) is 0. The van der Waals surface area contributed by atoms with E-state index in [1.54, 1.807) is 25.3 Å². The van der Waals surface area contributed by atoms with Gasteiger partial charge in [0.25, 0.3) is 5.56 Å². The van der Waals surface area contributed by atoms with E-state index in [2.05, 4.69) is 9.97 Å². The molecular weight excluding hydrogens is 260 g/mol. The van der Waals surface area contributed by atoms with E-state index >= 15 is 0 Å². The maximum Gasteiger partial charge on any atom is 0.252 e. The van der Waals surface area contributed by atoms with Gasteiger partial charge in [-0.25, -0.2) is 0 Å². The molecule has 0 aliphatic rings. The zero-order chi connectivity index (χ0) is 12.4. The molecule has 0 amide bonds. The van der Waals surface area contributed by atoms with Crippen LogP contribution in [0.4, 0.5) is 0 Å². The van der Waals surface area contributed by atoms with Crippen LogP contribution in [0, 0.1) is 4.77 Å². The van der Waals surface area contributed by atoms with Gasteiger partial charge in [-0.05, 0) is 30.4 Å². The van der Waals surface area contributed by atoms with Gasteiger partial charge in [0.15, 0.2) is 4.77 Å². The van der Waals surface area contributed by atoms with Crippen LogP contribution in [0.15, 0.2) is 29.1 Å². The van der Waals surface area contributed by atoms with Crippen LogP contribution in [-0.2, 0) is 0 Å². The second-order valence-corrected chi connectivity index (χ2v) is 4.19. The summed E-state index contributed by atoms with van der Waals surface area (Å²) in [7, 11) is 1.55. The molecule has 0 radical (unpaired) electrons. The fourth-order valence-corrected chi connectivity index (χ4v) is 1.89. The molecule has 0 saturated heterocycles. The minimum Gasteiger partial charge on any atom is -0.496 e. The summed E-state index contributed by atoms with van der Waals surface area (Å²) in [4.78, 5) is 16.7. The third-order valence-corrected chi connectivity index (χ3v) is 2.65. The number of ether oxygens (including phenoxy) is 1. The van der Waals surface area contributed by atoms with E-state index in [4.69, 9.17) is 28.6 Å². The molecule has 88 valence electrons. The molecule has 6 heteroatoms. The average Bonchev–Trinajstić information content (AvgIpc) is 2.27. The molecule has 1 aromatic carbocycles. The second-order valence-electron chi connectivity index (χ2n) is 3.35. The summed E-state index contributed by atoms with van der Waals surface area (Å²) in [6, 6.07) is 6.56. The molecule has 4 nitrogen and oxygen atoms in total. The lowest BCUT2D eigenvalue weighted by Crippen LogP contribution is -2.06. The van der Waals surface area contributed by atoms with Crippen molar-refractivity contribution in [3.8, 4) is 17.0 Å². The first kappa shape index (κ1) is 11.9. The van der Waals surface area contributed by atoms with Crippen LogP contribution >= 0.6 is 23.8 Å². The normalized spacial score (nSPS) is 10.2. The minimum atomic E-state index is -0.272. The molecule has 2 N–H and O–H groups in total. The highest BCUT2D eigenvalue weighted by atomic mass is 35.5. The van der Waals surface area contributed by atoms with Crippen molar-refractivity contribution in [2.45, 2.75) is 0 Å². The van der Waals surface area contributed by atoms with E-state index < -0.39 is 0 Å². The Kier molecular flexibility index (Phi) is 3.31. The first-order valence-corrected chi connectivity index (χ1v) is 5.56. The summed E-state index contributed by atoms with van der Waals surface area (Å²) in [5.41, 5.74) is 0.987. The van der Waals surface area contributed by atoms with Gasteiger partial charge in [0.1, 0.15) is 5.75 Å². The van der Waals surface area contributed by atoms with Crippen LogP contribution in [0.2, 0.25) is 5.02 Å². The molecule has 0 aliphatic carbocycles. The Balaban J connectivity index is 2.70. The number of rotatable bonds is 2. The molecule has 0 bridgehead atoms. The van der Waals surface area contributed by atoms with E-state index in [9.17, 15) is 4.79 Å². The van der Waals surface area contributed by atoms with Crippen LogP contribution in [-0.4, -0.2) is 17.1 Å². The Morgan fingerprint density at radius 2 is 2.06 bits per heavy atom. The van der Waals surface area contributed by atoms with Crippen molar-refractivity contribution in [2.75, 3.05) is 7.11 Å². The molecule has 0 spiro atoms. The van der Waals surface area contributed by atoms with E-state index in [-0.39, 0.29) is 10.3 Å². The molecule has 1 heterocycles. The number of aromatic nitrogens is 2. The van der Waals surface area contributed by atoms with Crippen molar-refractivity contribution in [2.24, 2.45) is 0 Å². The van der Waals surface area contributed by atoms with E-state index in [0.717, 1.165) is 0 Å². The second kappa shape index (κ2) is 4.73. The van der Waals surface area contributed by atoms with Gasteiger partial charge in [-0.1, -0.05) is 11.6 Å². The quantitative estimate of drug-likeness (QED) is 0.824. The predicted octanol–water partition coefficient (Wildman–Crippen LogP) is 2.76. The summed E-state index contributed by atoms with van der Waals surface area (Å²) in [5.74, 6) is 0.616. The molecular formula is C11H9ClN2O2S.